The van der Waals surface area contributed by atoms with Crippen LogP contribution in [0, 0.1) is 11.3 Å². The highest BCUT2D eigenvalue weighted by atomic mass is 19.4. The Morgan fingerprint density at radius 2 is 1.77 bits per heavy atom. The van der Waals surface area contributed by atoms with Crippen molar-refractivity contribution in [1.29, 1.82) is 0 Å². The predicted octanol–water partition coefficient (Wildman–Crippen LogP) is 4.39. The van der Waals surface area contributed by atoms with Crippen LogP contribution in [-0.4, -0.2) is 37.6 Å². The summed E-state index contributed by atoms with van der Waals surface area (Å²) in [5.74, 6) is 0.261. The van der Waals surface area contributed by atoms with Crippen molar-refractivity contribution in [3.05, 3.63) is 24.3 Å². The summed E-state index contributed by atoms with van der Waals surface area (Å²) in [5, 5.41) is 2.79. The van der Waals surface area contributed by atoms with Crippen molar-refractivity contribution in [2.24, 2.45) is 11.3 Å². The van der Waals surface area contributed by atoms with Crippen LogP contribution in [0.5, 0.6) is 5.75 Å². The van der Waals surface area contributed by atoms with Crippen LogP contribution >= 0.6 is 0 Å². The van der Waals surface area contributed by atoms with Gasteiger partial charge in [0.1, 0.15) is 11.9 Å². The highest BCUT2D eigenvalue weighted by molar-refractivity contribution is 6.00. The van der Waals surface area contributed by atoms with Gasteiger partial charge in [-0.3, -0.25) is 4.79 Å². The first-order valence-corrected chi connectivity index (χ1v) is 10.4. The third-order valence-electron chi connectivity index (χ3n) is 6.29. The van der Waals surface area contributed by atoms with Crippen molar-refractivity contribution < 1.29 is 32.2 Å². The second-order valence-electron chi connectivity index (χ2n) is 8.46. The third-order valence-corrected chi connectivity index (χ3v) is 6.29. The first-order chi connectivity index (χ1) is 14.2. The molecule has 3 aliphatic rings. The standard InChI is InChI=1S/C21H25F3N2O4/c22-21(23,24)30-17-5-3-15(4-6-17)26-12-11-20(18(26)27)9-7-16(8-10-20)29-19(28)25-13-14-1-2-14/h3-6,14,16H,1-2,7-13H2,(H,25,28)/t16-,20-. The minimum absolute atomic E-state index is 0.0105. The minimum Gasteiger partial charge on any atom is -0.446 e. The molecule has 2 saturated carbocycles. The molecule has 30 heavy (non-hydrogen) atoms. The molecule has 2 amide bonds. The van der Waals surface area contributed by atoms with Gasteiger partial charge < -0.3 is 19.7 Å². The lowest BCUT2D eigenvalue weighted by atomic mass is 9.72. The highest BCUT2D eigenvalue weighted by Crippen LogP contribution is 2.46. The van der Waals surface area contributed by atoms with Gasteiger partial charge >= 0.3 is 12.5 Å². The Morgan fingerprint density at radius 3 is 2.37 bits per heavy atom. The lowest BCUT2D eigenvalue weighted by molar-refractivity contribution is -0.274. The van der Waals surface area contributed by atoms with Crippen LogP contribution in [-0.2, 0) is 9.53 Å². The maximum atomic E-state index is 13.1. The fraction of sp³-hybridized carbons (Fsp3) is 0.619. The highest BCUT2D eigenvalue weighted by Gasteiger charge is 2.49. The van der Waals surface area contributed by atoms with E-state index in [0.29, 0.717) is 56.8 Å². The summed E-state index contributed by atoms with van der Waals surface area (Å²) in [6.45, 7) is 1.18. The van der Waals surface area contributed by atoms with Crippen LogP contribution in [0.2, 0.25) is 0 Å². The van der Waals surface area contributed by atoms with Gasteiger partial charge in [-0.2, -0.15) is 0 Å². The number of rotatable bonds is 5. The molecule has 2 aliphatic carbocycles. The van der Waals surface area contributed by atoms with E-state index in [4.69, 9.17) is 4.74 Å². The SMILES string of the molecule is O=C(NCC1CC1)O[C@H]1CC[C@@]2(CCN(c3ccc(OC(F)(F)F)cc3)C2=O)CC1. The summed E-state index contributed by atoms with van der Waals surface area (Å²) in [4.78, 5) is 26.6. The molecule has 1 saturated heterocycles. The zero-order valence-electron chi connectivity index (χ0n) is 16.5. The summed E-state index contributed by atoms with van der Waals surface area (Å²) in [5.41, 5.74) is 0.0788. The van der Waals surface area contributed by atoms with E-state index in [1.165, 1.54) is 24.3 Å². The van der Waals surface area contributed by atoms with Gasteiger partial charge in [-0.15, -0.1) is 13.2 Å². The Hall–Kier alpha value is -2.45. The Bertz CT molecular complexity index is 784. The second-order valence-corrected chi connectivity index (χ2v) is 8.46. The smallest absolute Gasteiger partial charge is 0.446 e. The lowest BCUT2D eigenvalue weighted by Crippen LogP contribution is -2.40. The molecule has 0 radical (unpaired) electrons. The fourth-order valence-electron chi connectivity index (χ4n) is 4.36. The first-order valence-electron chi connectivity index (χ1n) is 10.4. The molecule has 3 fully saturated rings. The Morgan fingerprint density at radius 1 is 1.10 bits per heavy atom. The van der Waals surface area contributed by atoms with Crippen molar-refractivity contribution in [3.8, 4) is 5.75 Å². The number of hydrogen-bond donors (Lipinski definition) is 1. The number of nitrogens with one attached hydrogen (secondary N) is 1. The van der Waals surface area contributed by atoms with Gasteiger partial charge in [0.15, 0.2) is 0 Å². The quantitative estimate of drug-likeness (QED) is 0.759. The molecule has 0 bridgehead atoms. The number of anilines is 1. The molecular weight excluding hydrogens is 401 g/mol. The number of alkyl halides is 3. The van der Waals surface area contributed by atoms with E-state index >= 15 is 0 Å². The van der Waals surface area contributed by atoms with Crippen LogP contribution in [0.1, 0.15) is 44.9 Å². The predicted molar refractivity (Wildman–Crippen MR) is 102 cm³/mol. The lowest BCUT2D eigenvalue weighted by Gasteiger charge is -2.35. The monoisotopic (exact) mass is 426 g/mol. The zero-order valence-corrected chi connectivity index (χ0v) is 16.5. The maximum Gasteiger partial charge on any atom is 0.573 e. The summed E-state index contributed by atoms with van der Waals surface area (Å²) >= 11 is 0. The molecule has 6 nitrogen and oxygen atoms in total. The van der Waals surface area contributed by atoms with E-state index in [0.717, 1.165) is 12.8 Å². The molecule has 1 heterocycles. The van der Waals surface area contributed by atoms with E-state index in [-0.39, 0.29) is 23.9 Å². The van der Waals surface area contributed by atoms with E-state index in [1.54, 1.807) is 4.90 Å². The summed E-state index contributed by atoms with van der Waals surface area (Å²) < 4.78 is 46.3. The Balaban J connectivity index is 1.30. The number of nitrogens with zero attached hydrogens (tertiary/aromatic N) is 1. The number of hydrogen-bond acceptors (Lipinski definition) is 4. The number of carbonyl (C=O) groups is 2. The largest absolute Gasteiger partial charge is 0.573 e. The average molecular weight is 426 g/mol. The van der Waals surface area contributed by atoms with Crippen molar-refractivity contribution >= 4 is 17.7 Å². The van der Waals surface area contributed by atoms with Gasteiger partial charge in [0.2, 0.25) is 5.91 Å². The molecule has 9 heteroatoms. The molecule has 4 rings (SSSR count). The zero-order chi connectivity index (χ0) is 21.4. The molecule has 1 aromatic carbocycles. The Labute approximate surface area is 172 Å². The average Bonchev–Trinajstić information content (AvgIpc) is 3.47. The van der Waals surface area contributed by atoms with Crippen LogP contribution in [0.3, 0.4) is 0 Å². The molecule has 1 aromatic rings. The van der Waals surface area contributed by atoms with Crippen LogP contribution in [0.25, 0.3) is 0 Å². The number of halogens is 3. The topological polar surface area (TPSA) is 67.9 Å². The van der Waals surface area contributed by atoms with Gasteiger partial charge in [-0.25, -0.2) is 4.79 Å². The Kier molecular flexibility index (Phi) is 5.55. The van der Waals surface area contributed by atoms with Gasteiger partial charge in [0, 0.05) is 18.8 Å². The van der Waals surface area contributed by atoms with Crippen LogP contribution in [0.4, 0.5) is 23.7 Å². The van der Waals surface area contributed by atoms with E-state index < -0.39 is 11.8 Å². The second kappa shape index (κ2) is 8.00. The third kappa shape index (κ3) is 4.82. The van der Waals surface area contributed by atoms with Crippen LogP contribution < -0.4 is 15.0 Å². The van der Waals surface area contributed by atoms with Crippen molar-refractivity contribution in [2.75, 3.05) is 18.0 Å². The summed E-state index contributed by atoms with van der Waals surface area (Å²) in [6, 6.07) is 5.37. The fourth-order valence-corrected chi connectivity index (χ4v) is 4.36. The molecule has 0 atom stereocenters. The van der Waals surface area contributed by atoms with Crippen LogP contribution in [0.15, 0.2) is 24.3 Å². The molecule has 1 N–H and O–H groups in total. The van der Waals surface area contributed by atoms with Gasteiger partial charge in [0.25, 0.3) is 0 Å². The maximum absolute atomic E-state index is 13.1. The van der Waals surface area contributed by atoms with Crippen molar-refractivity contribution in [2.45, 2.75) is 57.4 Å². The van der Waals surface area contributed by atoms with E-state index in [2.05, 4.69) is 10.1 Å². The number of amides is 2. The number of benzene rings is 1. The molecular formula is C21H25F3N2O4. The normalized spacial score (nSPS) is 26.7. The van der Waals surface area contributed by atoms with Crippen molar-refractivity contribution in [1.82, 2.24) is 5.32 Å². The van der Waals surface area contributed by atoms with Gasteiger partial charge in [-0.05, 0) is 75.1 Å². The van der Waals surface area contributed by atoms with Gasteiger partial charge in [0.05, 0.1) is 5.41 Å². The number of carbonyl (C=O) groups excluding carboxylic acids is 2. The molecule has 0 aromatic heterocycles. The molecule has 0 unspecified atom stereocenters. The minimum atomic E-state index is -4.75. The molecule has 1 spiro atoms. The summed E-state index contributed by atoms with van der Waals surface area (Å²) in [6.07, 6.45) is 0.225. The first kappa shape index (κ1) is 20.8. The molecule has 164 valence electrons. The van der Waals surface area contributed by atoms with E-state index in [9.17, 15) is 22.8 Å². The van der Waals surface area contributed by atoms with Crippen molar-refractivity contribution in [3.63, 3.8) is 0 Å². The number of ether oxygens (including phenoxy) is 2. The van der Waals surface area contributed by atoms with E-state index in [1.807, 2.05) is 0 Å². The summed E-state index contributed by atoms with van der Waals surface area (Å²) in [7, 11) is 0. The molecule has 1 aliphatic heterocycles. The van der Waals surface area contributed by atoms with Gasteiger partial charge in [-0.1, -0.05) is 0 Å². The number of alkyl carbamates (subject to hydrolysis) is 1.